The van der Waals surface area contributed by atoms with E-state index in [1.807, 2.05) is 0 Å². The fourth-order valence-electron chi connectivity index (χ4n) is 1.96. The van der Waals surface area contributed by atoms with Crippen molar-refractivity contribution in [3.05, 3.63) is 10.2 Å². The zero-order valence-electron chi connectivity index (χ0n) is 7.94. The van der Waals surface area contributed by atoms with E-state index in [4.69, 9.17) is 16.3 Å². The third-order valence-corrected chi connectivity index (χ3v) is 5.95. The molecule has 15 heavy (non-hydrogen) atoms. The highest BCUT2D eigenvalue weighted by molar-refractivity contribution is 9.11. The lowest BCUT2D eigenvalue weighted by Gasteiger charge is -2.30. The molecule has 3 nitrogen and oxygen atoms in total. The normalized spacial score (nSPS) is 40.7. The minimum Gasteiger partial charge on any atom is -0.492 e. The van der Waals surface area contributed by atoms with Gasteiger partial charge in [0, 0.05) is 11.0 Å². The third kappa shape index (κ3) is 1.73. The molecule has 1 aliphatic carbocycles. The Labute approximate surface area is 105 Å². The van der Waals surface area contributed by atoms with E-state index in [9.17, 15) is 9.90 Å². The Kier molecular flexibility index (Phi) is 3.36. The van der Waals surface area contributed by atoms with Crippen LogP contribution in [0.5, 0.6) is 0 Å². The Bertz CT molecular complexity index is 333. The van der Waals surface area contributed by atoms with E-state index in [0.717, 1.165) is 0 Å². The first-order chi connectivity index (χ1) is 7.07. The van der Waals surface area contributed by atoms with Crippen molar-refractivity contribution in [2.24, 2.45) is 5.92 Å². The molecule has 0 amide bonds. The number of carbonyl (C=O) groups excluding carboxylic acids is 1. The topological polar surface area (TPSA) is 46.5 Å². The summed E-state index contributed by atoms with van der Waals surface area (Å²) in [5, 5.41) is 9.36. The number of aliphatic hydroxyl groups is 1. The van der Waals surface area contributed by atoms with Gasteiger partial charge in [-0.15, -0.1) is 11.6 Å². The van der Waals surface area contributed by atoms with Crippen LogP contribution in [-0.2, 0) is 9.53 Å². The Morgan fingerprint density at radius 1 is 1.67 bits per heavy atom. The van der Waals surface area contributed by atoms with Crippen LogP contribution in [0.3, 0.4) is 0 Å². The molecule has 0 aromatic rings. The Morgan fingerprint density at radius 2 is 2.33 bits per heavy atom. The van der Waals surface area contributed by atoms with Gasteiger partial charge in [-0.2, -0.15) is 11.8 Å². The molecule has 6 heteroatoms. The zero-order chi connectivity index (χ0) is 11.2. The molecule has 1 aliphatic heterocycles. The van der Waals surface area contributed by atoms with Gasteiger partial charge in [-0.25, -0.2) is 0 Å². The molecule has 0 bridgehead atoms. The summed E-state index contributed by atoms with van der Waals surface area (Å²) >= 11 is 11.0. The monoisotopic (exact) mass is 312 g/mol. The minimum absolute atomic E-state index is 0.0533. The first kappa shape index (κ1) is 11.8. The first-order valence-corrected chi connectivity index (χ1v) is 6.77. The van der Waals surface area contributed by atoms with Crippen molar-refractivity contribution < 1.29 is 14.6 Å². The molecule has 1 N–H and O–H groups in total. The fourth-order valence-corrected chi connectivity index (χ4v) is 4.70. The number of fused-ring (bicyclic) bond motifs is 1. The molecule has 1 heterocycles. The van der Waals surface area contributed by atoms with Crippen molar-refractivity contribution in [2.75, 3.05) is 12.9 Å². The maximum atomic E-state index is 12.0. The number of hydrogen-bond acceptors (Lipinski definition) is 4. The molecule has 84 valence electrons. The predicted octanol–water partition coefficient (Wildman–Crippen LogP) is 1.52. The standard InChI is InChI=1S/C9H10BrClO3S/c1-14-8-5(10)6(11)9-4(7(8)13)3(12)2-15-9/h3-4,6,9,12H,2H2,1H3/t3-,4+,6+,9+/m1/s1. The molecule has 4 atom stereocenters. The molecule has 2 rings (SSSR count). The summed E-state index contributed by atoms with van der Waals surface area (Å²) in [5.74, 6) is 0.233. The molecule has 2 aliphatic rings. The summed E-state index contributed by atoms with van der Waals surface area (Å²) in [6, 6.07) is 0. The van der Waals surface area contributed by atoms with Crippen LogP contribution >= 0.6 is 39.3 Å². The number of allylic oxidation sites excluding steroid dienone is 2. The molecule has 0 spiro atoms. The maximum Gasteiger partial charge on any atom is 0.205 e. The molecule has 0 unspecified atom stereocenters. The molecule has 1 fully saturated rings. The third-order valence-electron chi connectivity index (χ3n) is 2.71. The Morgan fingerprint density at radius 3 is 2.93 bits per heavy atom. The average molecular weight is 314 g/mol. The summed E-state index contributed by atoms with van der Waals surface area (Å²) in [7, 11) is 1.44. The summed E-state index contributed by atoms with van der Waals surface area (Å²) in [6.45, 7) is 0. The van der Waals surface area contributed by atoms with Crippen LogP contribution in [0.25, 0.3) is 0 Å². The van der Waals surface area contributed by atoms with Gasteiger partial charge in [-0.3, -0.25) is 4.79 Å². The van der Waals surface area contributed by atoms with Crippen molar-refractivity contribution in [1.82, 2.24) is 0 Å². The number of methoxy groups -OCH3 is 1. The summed E-state index contributed by atoms with van der Waals surface area (Å²) in [5.41, 5.74) is 0. The van der Waals surface area contributed by atoms with E-state index in [2.05, 4.69) is 15.9 Å². The van der Waals surface area contributed by atoms with Gasteiger partial charge in [0.25, 0.3) is 0 Å². The number of Topliss-reactive ketones (excluding diaryl/α,β-unsaturated/α-hetero) is 1. The largest absolute Gasteiger partial charge is 0.492 e. The molecule has 0 saturated carbocycles. The number of ether oxygens (including phenoxy) is 1. The number of rotatable bonds is 1. The molecular formula is C9H10BrClO3S. The molecular weight excluding hydrogens is 304 g/mol. The number of ketones is 1. The molecule has 0 aromatic carbocycles. The number of thioether (sulfide) groups is 1. The van der Waals surface area contributed by atoms with Gasteiger partial charge >= 0.3 is 0 Å². The quantitative estimate of drug-likeness (QED) is 0.746. The van der Waals surface area contributed by atoms with Crippen LogP contribution in [0.2, 0.25) is 0 Å². The Balaban J connectivity index is 2.40. The van der Waals surface area contributed by atoms with Crippen LogP contribution < -0.4 is 0 Å². The maximum absolute atomic E-state index is 12.0. The second-order valence-electron chi connectivity index (χ2n) is 3.54. The second-order valence-corrected chi connectivity index (χ2v) is 6.07. The van der Waals surface area contributed by atoms with Crippen LogP contribution in [-0.4, -0.2) is 40.5 Å². The van der Waals surface area contributed by atoms with Crippen LogP contribution in [0.15, 0.2) is 10.2 Å². The second kappa shape index (κ2) is 4.28. The highest BCUT2D eigenvalue weighted by Crippen LogP contribution is 2.46. The highest BCUT2D eigenvalue weighted by atomic mass is 79.9. The summed E-state index contributed by atoms with van der Waals surface area (Å²) < 4.78 is 5.62. The molecule has 1 saturated heterocycles. The van der Waals surface area contributed by atoms with Crippen molar-refractivity contribution in [2.45, 2.75) is 16.7 Å². The number of aliphatic hydroxyl groups excluding tert-OH is 1. The van der Waals surface area contributed by atoms with Crippen molar-refractivity contribution in [3.8, 4) is 0 Å². The van der Waals surface area contributed by atoms with Gasteiger partial charge in [0.2, 0.25) is 5.78 Å². The van der Waals surface area contributed by atoms with E-state index in [0.29, 0.717) is 10.2 Å². The van der Waals surface area contributed by atoms with E-state index in [1.165, 1.54) is 7.11 Å². The summed E-state index contributed by atoms with van der Waals surface area (Å²) in [4.78, 5) is 12.0. The SMILES string of the molecule is COC1=C(Br)[C@H](Cl)[C@H]2SC[C@@H](O)[C@H]2C1=O. The lowest BCUT2D eigenvalue weighted by Crippen LogP contribution is -2.41. The van der Waals surface area contributed by atoms with E-state index in [1.54, 1.807) is 11.8 Å². The van der Waals surface area contributed by atoms with Gasteiger partial charge in [-0.05, 0) is 15.9 Å². The number of carbonyl (C=O) groups is 1. The van der Waals surface area contributed by atoms with Crippen LogP contribution in [0.1, 0.15) is 0 Å². The highest BCUT2D eigenvalue weighted by Gasteiger charge is 2.50. The summed E-state index contributed by atoms with van der Waals surface area (Å²) in [6.07, 6.45) is -0.612. The van der Waals surface area contributed by atoms with Gasteiger partial charge in [-0.1, -0.05) is 0 Å². The lowest BCUT2D eigenvalue weighted by atomic mass is 9.87. The van der Waals surface area contributed by atoms with E-state index >= 15 is 0 Å². The first-order valence-electron chi connectivity index (χ1n) is 4.49. The van der Waals surface area contributed by atoms with Gasteiger partial charge < -0.3 is 9.84 Å². The van der Waals surface area contributed by atoms with Crippen molar-refractivity contribution >= 4 is 45.1 Å². The zero-order valence-corrected chi connectivity index (χ0v) is 11.1. The number of alkyl halides is 1. The lowest BCUT2D eigenvalue weighted by molar-refractivity contribution is -0.125. The Hall–Kier alpha value is 0.290. The molecule has 0 aromatic heterocycles. The van der Waals surface area contributed by atoms with Crippen LogP contribution in [0, 0.1) is 5.92 Å². The van der Waals surface area contributed by atoms with Crippen molar-refractivity contribution in [1.29, 1.82) is 0 Å². The average Bonchev–Trinajstić information content (AvgIpc) is 2.58. The fraction of sp³-hybridized carbons (Fsp3) is 0.667. The van der Waals surface area contributed by atoms with Crippen molar-refractivity contribution in [3.63, 3.8) is 0 Å². The van der Waals surface area contributed by atoms with Gasteiger partial charge in [0.05, 0.1) is 29.0 Å². The van der Waals surface area contributed by atoms with Crippen LogP contribution in [0.4, 0.5) is 0 Å². The van der Waals surface area contributed by atoms with E-state index < -0.39 is 12.0 Å². The predicted molar refractivity (Wildman–Crippen MR) is 63.4 cm³/mol. The smallest absolute Gasteiger partial charge is 0.205 e. The minimum atomic E-state index is -0.612. The number of hydrogen-bond donors (Lipinski definition) is 1. The number of halogens is 2. The van der Waals surface area contributed by atoms with Gasteiger partial charge in [0.15, 0.2) is 5.76 Å². The van der Waals surface area contributed by atoms with E-state index in [-0.39, 0.29) is 22.2 Å². The van der Waals surface area contributed by atoms with Gasteiger partial charge in [0.1, 0.15) is 0 Å². The molecule has 0 radical (unpaired) electrons.